The van der Waals surface area contributed by atoms with Gasteiger partial charge >= 0.3 is 0 Å². The lowest BCUT2D eigenvalue weighted by atomic mass is 9.95. The van der Waals surface area contributed by atoms with E-state index in [0.29, 0.717) is 31.3 Å². The summed E-state index contributed by atoms with van der Waals surface area (Å²) >= 11 is 0. The number of rotatable bonds is 5. The number of pyridine rings is 1. The van der Waals surface area contributed by atoms with Gasteiger partial charge in [0.15, 0.2) is 0 Å². The lowest BCUT2D eigenvalue weighted by molar-refractivity contribution is -0.133. The standard InChI is InChI=1S/C21H26N6O2/c1-14-23-18-13-27(12-17(18)21(24-14)25-6-3-7-25)20(28)8-15-10-26(11-15)16-4-5-22-19(9-16)29-2/h4-5,9,15H,3,6-8,10-13H2,1-2H3. The maximum atomic E-state index is 12.9. The number of aromatic nitrogens is 3. The first-order chi connectivity index (χ1) is 14.1. The van der Waals surface area contributed by atoms with Gasteiger partial charge in [0.25, 0.3) is 0 Å². The molecule has 0 aromatic carbocycles. The fourth-order valence-electron chi connectivity index (χ4n) is 4.32. The van der Waals surface area contributed by atoms with Gasteiger partial charge in [-0.1, -0.05) is 0 Å². The largest absolute Gasteiger partial charge is 0.481 e. The summed E-state index contributed by atoms with van der Waals surface area (Å²) in [5.74, 6) is 3.05. The molecule has 2 aromatic rings. The van der Waals surface area contributed by atoms with Gasteiger partial charge in [0.2, 0.25) is 11.8 Å². The third-order valence-corrected chi connectivity index (χ3v) is 6.09. The number of methoxy groups -OCH3 is 1. The zero-order valence-corrected chi connectivity index (χ0v) is 17.0. The van der Waals surface area contributed by atoms with Crippen molar-refractivity contribution >= 4 is 17.4 Å². The molecule has 29 heavy (non-hydrogen) atoms. The third-order valence-electron chi connectivity index (χ3n) is 6.09. The smallest absolute Gasteiger partial charge is 0.223 e. The van der Waals surface area contributed by atoms with E-state index in [1.54, 1.807) is 13.3 Å². The predicted octanol–water partition coefficient (Wildman–Crippen LogP) is 1.77. The first kappa shape index (κ1) is 18.1. The van der Waals surface area contributed by atoms with Crippen molar-refractivity contribution in [3.8, 4) is 5.88 Å². The summed E-state index contributed by atoms with van der Waals surface area (Å²) in [6.07, 6.45) is 3.55. The van der Waals surface area contributed by atoms with E-state index in [1.807, 2.05) is 24.0 Å². The van der Waals surface area contributed by atoms with Gasteiger partial charge in [-0.05, 0) is 19.4 Å². The van der Waals surface area contributed by atoms with Crippen LogP contribution in [0.2, 0.25) is 0 Å². The normalized spacial score (nSPS) is 18.3. The molecule has 3 aliphatic heterocycles. The van der Waals surface area contributed by atoms with E-state index in [0.717, 1.165) is 54.8 Å². The Balaban J connectivity index is 1.19. The van der Waals surface area contributed by atoms with E-state index >= 15 is 0 Å². The fourth-order valence-corrected chi connectivity index (χ4v) is 4.32. The highest BCUT2D eigenvalue weighted by molar-refractivity contribution is 5.78. The van der Waals surface area contributed by atoms with Crippen molar-refractivity contribution in [2.24, 2.45) is 5.92 Å². The molecule has 1 amide bonds. The highest BCUT2D eigenvalue weighted by Gasteiger charge is 2.34. The van der Waals surface area contributed by atoms with Crippen molar-refractivity contribution in [1.29, 1.82) is 0 Å². The van der Waals surface area contributed by atoms with Gasteiger partial charge in [0, 0.05) is 62.0 Å². The molecule has 8 heteroatoms. The number of ether oxygens (including phenoxy) is 1. The molecule has 0 bridgehead atoms. The van der Waals surface area contributed by atoms with Crippen LogP contribution in [0.1, 0.15) is 29.9 Å². The Morgan fingerprint density at radius 1 is 1.21 bits per heavy atom. The van der Waals surface area contributed by atoms with Crippen molar-refractivity contribution in [2.75, 3.05) is 43.1 Å². The topological polar surface area (TPSA) is 74.7 Å². The molecule has 5 rings (SSSR count). The first-order valence-electron chi connectivity index (χ1n) is 10.2. The Morgan fingerprint density at radius 3 is 2.76 bits per heavy atom. The Labute approximate surface area is 170 Å². The number of nitrogens with zero attached hydrogens (tertiary/aromatic N) is 6. The molecule has 0 unspecified atom stereocenters. The lowest BCUT2D eigenvalue weighted by Gasteiger charge is -2.41. The van der Waals surface area contributed by atoms with Crippen LogP contribution in [0.3, 0.4) is 0 Å². The summed E-state index contributed by atoms with van der Waals surface area (Å²) in [5.41, 5.74) is 3.26. The van der Waals surface area contributed by atoms with Gasteiger partial charge in [0.05, 0.1) is 25.9 Å². The molecule has 2 saturated heterocycles. The van der Waals surface area contributed by atoms with Crippen molar-refractivity contribution in [1.82, 2.24) is 19.9 Å². The van der Waals surface area contributed by atoms with Gasteiger partial charge in [-0.25, -0.2) is 15.0 Å². The number of hydrogen-bond acceptors (Lipinski definition) is 7. The Hall–Kier alpha value is -2.90. The molecule has 0 saturated carbocycles. The number of carbonyl (C=O) groups excluding carboxylic acids is 1. The van der Waals surface area contributed by atoms with Crippen LogP contribution in [-0.2, 0) is 17.9 Å². The van der Waals surface area contributed by atoms with Crippen LogP contribution in [0.15, 0.2) is 18.3 Å². The fraction of sp³-hybridized carbons (Fsp3) is 0.524. The SMILES string of the molecule is COc1cc(N2CC(CC(=O)N3Cc4nc(C)nc(N5CCC5)c4C3)C2)ccn1. The molecule has 0 aliphatic carbocycles. The van der Waals surface area contributed by atoms with Gasteiger partial charge in [-0.2, -0.15) is 0 Å². The first-order valence-corrected chi connectivity index (χ1v) is 10.2. The number of amides is 1. The molecule has 0 N–H and O–H groups in total. The van der Waals surface area contributed by atoms with E-state index in [4.69, 9.17) is 4.74 Å². The van der Waals surface area contributed by atoms with Crippen molar-refractivity contribution in [3.05, 3.63) is 35.4 Å². The van der Waals surface area contributed by atoms with Crippen LogP contribution in [0.25, 0.3) is 0 Å². The predicted molar refractivity (Wildman–Crippen MR) is 109 cm³/mol. The molecule has 2 fully saturated rings. The Bertz CT molecular complexity index is 939. The third kappa shape index (κ3) is 3.36. The summed E-state index contributed by atoms with van der Waals surface area (Å²) in [6, 6.07) is 3.92. The van der Waals surface area contributed by atoms with Crippen LogP contribution >= 0.6 is 0 Å². The monoisotopic (exact) mass is 394 g/mol. The maximum absolute atomic E-state index is 12.9. The molecular weight excluding hydrogens is 368 g/mol. The molecule has 0 radical (unpaired) electrons. The number of carbonyl (C=O) groups is 1. The second kappa shape index (κ2) is 7.17. The van der Waals surface area contributed by atoms with Crippen LogP contribution < -0.4 is 14.5 Å². The molecular formula is C21H26N6O2. The average molecular weight is 394 g/mol. The van der Waals surface area contributed by atoms with Crippen LogP contribution in [-0.4, -0.2) is 59.0 Å². The maximum Gasteiger partial charge on any atom is 0.223 e. The summed E-state index contributed by atoms with van der Waals surface area (Å²) in [7, 11) is 1.62. The number of aryl methyl sites for hydroxylation is 1. The average Bonchev–Trinajstić information content (AvgIpc) is 3.07. The Morgan fingerprint density at radius 2 is 2.03 bits per heavy atom. The highest BCUT2D eigenvalue weighted by Crippen LogP contribution is 2.33. The zero-order chi connectivity index (χ0) is 20.0. The van der Waals surface area contributed by atoms with Crippen molar-refractivity contribution in [3.63, 3.8) is 0 Å². The summed E-state index contributed by atoms with van der Waals surface area (Å²) in [6.45, 7) is 7.05. The summed E-state index contributed by atoms with van der Waals surface area (Å²) < 4.78 is 5.20. The molecule has 5 heterocycles. The van der Waals surface area contributed by atoms with Gasteiger partial charge < -0.3 is 19.4 Å². The minimum atomic E-state index is 0.215. The summed E-state index contributed by atoms with van der Waals surface area (Å²) in [5, 5.41) is 0. The minimum absolute atomic E-state index is 0.215. The Kier molecular flexibility index (Phi) is 4.49. The van der Waals surface area contributed by atoms with Crippen LogP contribution in [0.4, 0.5) is 11.5 Å². The van der Waals surface area contributed by atoms with Crippen molar-refractivity contribution < 1.29 is 9.53 Å². The van der Waals surface area contributed by atoms with Gasteiger partial charge in [-0.3, -0.25) is 4.79 Å². The number of hydrogen-bond donors (Lipinski definition) is 0. The summed E-state index contributed by atoms with van der Waals surface area (Å²) in [4.78, 5) is 32.9. The minimum Gasteiger partial charge on any atom is -0.481 e. The molecule has 8 nitrogen and oxygen atoms in total. The van der Waals surface area contributed by atoms with E-state index in [2.05, 4.69) is 24.8 Å². The van der Waals surface area contributed by atoms with Crippen molar-refractivity contribution in [2.45, 2.75) is 32.9 Å². The number of anilines is 2. The molecule has 0 atom stereocenters. The molecule has 0 spiro atoms. The quantitative estimate of drug-likeness (QED) is 0.765. The van der Waals surface area contributed by atoms with E-state index in [9.17, 15) is 4.79 Å². The molecule has 152 valence electrons. The second-order valence-corrected chi connectivity index (χ2v) is 8.14. The lowest BCUT2D eigenvalue weighted by Crippen LogP contribution is -2.48. The number of fused-ring (bicyclic) bond motifs is 1. The highest BCUT2D eigenvalue weighted by atomic mass is 16.5. The second-order valence-electron chi connectivity index (χ2n) is 8.14. The van der Waals surface area contributed by atoms with Gasteiger partial charge in [-0.15, -0.1) is 0 Å². The van der Waals surface area contributed by atoms with Crippen LogP contribution in [0, 0.1) is 12.8 Å². The molecule has 2 aromatic heterocycles. The van der Waals surface area contributed by atoms with E-state index in [1.165, 1.54) is 6.42 Å². The van der Waals surface area contributed by atoms with E-state index in [-0.39, 0.29) is 5.91 Å². The van der Waals surface area contributed by atoms with Gasteiger partial charge in [0.1, 0.15) is 11.6 Å². The van der Waals surface area contributed by atoms with E-state index < -0.39 is 0 Å². The molecule has 3 aliphatic rings. The zero-order valence-electron chi connectivity index (χ0n) is 17.0. The van der Waals surface area contributed by atoms with Crippen LogP contribution in [0.5, 0.6) is 5.88 Å².